The summed E-state index contributed by atoms with van der Waals surface area (Å²) in [7, 11) is -0.760. The third-order valence-corrected chi connectivity index (χ3v) is 6.35. The Morgan fingerprint density at radius 2 is 1.61 bits per heavy atom. The molecule has 172 valence electrons. The lowest BCUT2D eigenvalue weighted by Crippen LogP contribution is -2.21. The minimum absolute atomic E-state index is 0.127. The van der Waals surface area contributed by atoms with E-state index in [-0.39, 0.29) is 11.7 Å². The minimum atomic E-state index is -3.86. The summed E-state index contributed by atoms with van der Waals surface area (Å²) < 4.78 is 47.2. The second kappa shape index (κ2) is 9.41. The van der Waals surface area contributed by atoms with Gasteiger partial charge >= 0.3 is 0 Å². The molecule has 1 N–H and O–H groups in total. The first kappa shape index (κ1) is 22.5. The molecule has 0 fully saturated rings. The number of sulfonamides is 1. The number of rotatable bonds is 8. The lowest BCUT2D eigenvalue weighted by atomic mass is 10.0. The van der Waals surface area contributed by atoms with Crippen LogP contribution in [-0.2, 0) is 16.4 Å². The van der Waals surface area contributed by atoms with Crippen molar-refractivity contribution in [3.05, 3.63) is 77.4 Å². The largest absolute Gasteiger partial charge is 0.497 e. The van der Waals surface area contributed by atoms with Crippen LogP contribution in [0.15, 0.2) is 70.7 Å². The molecule has 0 atom stereocenters. The summed E-state index contributed by atoms with van der Waals surface area (Å²) in [6, 6.07) is 17.4. The predicted octanol–water partition coefficient (Wildman–Crippen LogP) is 3.67. The number of aryl methyl sites for hydroxylation is 1. The first-order chi connectivity index (χ1) is 15.9. The van der Waals surface area contributed by atoms with Crippen molar-refractivity contribution in [2.45, 2.75) is 18.2 Å². The van der Waals surface area contributed by atoms with Crippen LogP contribution in [0.5, 0.6) is 23.0 Å². The van der Waals surface area contributed by atoms with Gasteiger partial charge in [-0.3, -0.25) is 0 Å². The number of hydrazone groups is 1. The van der Waals surface area contributed by atoms with E-state index in [1.54, 1.807) is 56.7 Å². The molecule has 0 bridgehead atoms. The number of hydrogen-bond donors (Lipinski definition) is 1. The molecule has 0 saturated carbocycles. The van der Waals surface area contributed by atoms with Crippen molar-refractivity contribution in [3.8, 4) is 23.0 Å². The normalized spacial score (nSPS) is 13.0. The Balaban J connectivity index is 1.71. The molecular formula is C24H24N2O6S. The van der Waals surface area contributed by atoms with Crippen LogP contribution in [0.2, 0.25) is 0 Å². The summed E-state index contributed by atoms with van der Waals surface area (Å²) in [6.07, 6.45) is 0.323. The topological polar surface area (TPSA) is 95.4 Å². The molecule has 1 heterocycles. The monoisotopic (exact) mass is 468 g/mol. The number of fused-ring (bicyclic) bond motifs is 1. The van der Waals surface area contributed by atoms with Crippen LogP contribution >= 0.6 is 0 Å². The van der Waals surface area contributed by atoms with Crippen LogP contribution in [0.1, 0.15) is 16.7 Å². The quantitative estimate of drug-likeness (QED) is 0.400. The van der Waals surface area contributed by atoms with Gasteiger partial charge in [-0.25, -0.2) is 0 Å². The van der Waals surface area contributed by atoms with E-state index in [2.05, 4.69) is 9.93 Å². The predicted molar refractivity (Wildman–Crippen MR) is 124 cm³/mol. The van der Waals surface area contributed by atoms with Gasteiger partial charge in [0.2, 0.25) is 6.79 Å². The molecule has 33 heavy (non-hydrogen) atoms. The van der Waals surface area contributed by atoms with Gasteiger partial charge in [0.15, 0.2) is 11.5 Å². The van der Waals surface area contributed by atoms with Gasteiger partial charge in [0, 0.05) is 18.1 Å². The zero-order chi connectivity index (χ0) is 23.4. The molecule has 0 aromatic heterocycles. The number of nitrogens with zero attached hydrogens (tertiary/aromatic N) is 1. The zero-order valence-electron chi connectivity index (χ0n) is 18.5. The van der Waals surface area contributed by atoms with Gasteiger partial charge in [0.1, 0.15) is 11.5 Å². The highest BCUT2D eigenvalue weighted by molar-refractivity contribution is 7.89. The first-order valence-corrected chi connectivity index (χ1v) is 11.6. The highest BCUT2D eigenvalue weighted by Crippen LogP contribution is 2.33. The lowest BCUT2D eigenvalue weighted by Gasteiger charge is -2.12. The van der Waals surface area contributed by atoms with Crippen LogP contribution in [0, 0.1) is 6.92 Å². The molecule has 9 heteroatoms. The molecular weight excluding hydrogens is 444 g/mol. The number of ether oxygens (including phenoxy) is 4. The van der Waals surface area contributed by atoms with E-state index in [1.165, 1.54) is 0 Å². The first-order valence-electron chi connectivity index (χ1n) is 10.1. The molecule has 0 radical (unpaired) electrons. The molecule has 1 aliphatic heterocycles. The highest BCUT2D eigenvalue weighted by Gasteiger charge is 2.18. The Kier molecular flexibility index (Phi) is 6.41. The summed E-state index contributed by atoms with van der Waals surface area (Å²) in [5.41, 5.74) is 2.95. The molecule has 8 nitrogen and oxygen atoms in total. The second-order valence-corrected chi connectivity index (χ2v) is 9.09. The summed E-state index contributed by atoms with van der Waals surface area (Å²) >= 11 is 0. The fourth-order valence-electron chi connectivity index (χ4n) is 3.31. The Labute approximate surface area is 192 Å². The van der Waals surface area contributed by atoms with Crippen molar-refractivity contribution in [1.29, 1.82) is 0 Å². The molecule has 0 aliphatic carbocycles. The number of hydrogen-bond acceptors (Lipinski definition) is 7. The molecule has 0 spiro atoms. The van der Waals surface area contributed by atoms with Crippen molar-refractivity contribution in [1.82, 2.24) is 4.83 Å². The van der Waals surface area contributed by atoms with E-state index in [9.17, 15) is 8.42 Å². The number of nitrogens with one attached hydrogen (secondary N) is 1. The van der Waals surface area contributed by atoms with Crippen LogP contribution in [0.4, 0.5) is 0 Å². The SMILES string of the molecule is COc1cc(OC)cc(C(Cc2ccc3c(c2)OCO3)=NNS(=O)(=O)c2ccc(C)cc2)c1. The van der Waals surface area contributed by atoms with Crippen molar-refractivity contribution in [2.75, 3.05) is 21.0 Å². The average molecular weight is 469 g/mol. The maximum absolute atomic E-state index is 12.8. The van der Waals surface area contributed by atoms with E-state index in [0.717, 1.165) is 11.1 Å². The van der Waals surface area contributed by atoms with E-state index in [0.29, 0.717) is 40.7 Å². The van der Waals surface area contributed by atoms with E-state index in [4.69, 9.17) is 18.9 Å². The molecule has 1 aliphatic rings. The van der Waals surface area contributed by atoms with Gasteiger partial charge in [0.25, 0.3) is 10.0 Å². The number of methoxy groups -OCH3 is 2. The van der Waals surface area contributed by atoms with Crippen molar-refractivity contribution >= 4 is 15.7 Å². The molecule has 0 amide bonds. The summed E-state index contributed by atoms with van der Waals surface area (Å²) in [4.78, 5) is 2.49. The fraction of sp³-hybridized carbons (Fsp3) is 0.208. The Morgan fingerprint density at radius 3 is 2.27 bits per heavy atom. The van der Waals surface area contributed by atoms with Crippen molar-refractivity contribution in [3.63, 3.8) is 0 Å². The Hall–Kier alpha value is -3.72. The molecule has 0 unspecified atom stereocenters. The zero-order valence-corrected chi connectivity index (χ0v) is 19.3. The van der Waals surface area contributed by atoms with Crippen molar-refractivity contribution in [2.24, 2.45) is 5.10 Å². The molecule has 4 rings (SSSR count). The van der Waals surface area contributed by atoms with Gasteiger partial charge in [-0.15, -0.1) is 0 Å². The standard InChI is InChI=1S/C24H24N2O6S/c1-16-4-7-21(8-5-16)33(27,28)26-25-22(18-12-19(29-2)14-20(13-18)30-3)10-17-6-9-23-24(11-17)32-15-31-23/h4-9,11-14,26H,10,15H2,1-3H3. The Morgan fingerprint density at radius 1 is 0.939 bits per heavy atom. The smallest absolute Gasteiger partial charge is 0.276 e. The third kappa shape index (κ3) is 5.20. The van der Waals surface area contributed by atoms with Gasteiger partial charge in [-0.2, -0.15) is 18.4 Å². The molecule has 0 saturated heterocycles. The third-order valence-electron chi connectivity index (χ3n) is 5.13. The van der Waals surface area contributed by atoms with Gasteiger partial charge in [-0.1, -0.05) is 23.8 Å². The van der Waals surface area contributed by atoms with Crippen LogP contribution in [-0.4, -0.2) is 35.1 Å². The van der Waals surface area contributed by atoms with Gasteiger partial charge in [-0.05, 0) is 48.9 Å². The maximum Gasteiger partial charge on any atom is 0.276 e. The van der Waals surface area contributed by atoms with Gasteiger partial charge in [0.05, 0.1) is 24.8 Å². The number of benzene rings is 3. The van der Waals surface area contributed by atoms with Crippen LogP contribution in [0.3, 0.4) is 0 Å². The second-order valence-electron chi connectivity index (χ2n) is 7.43. The molecule has 3 aromatic rings. The van der Waals surface area contributed by atoms with Crippen LogP contribution in [0.25, 0.3) is 0 Å². The van der Waals surface area contributed by atoms with Crippen LogP contribution < -0.4 is 23.8 Å². The van der Waals surface area contributed by atoms with Crippen molar-refractivity contribution < 1.29 is 27.4 Å². The summed E-state index contributed by atoms with van der Waals surface area (Å²) in [5, 5.41) is 4.30. The maximum atomic E-state index is 12.8. The van der Waals surface area contributed by atoms with E-state index >= 15 is 0 Å². The molecule has 3 aromatic carbocycles. The van der Waals surface area contributed by atoms with Gasteiger partial charge < -0.3 is 18.9 Å². The van der Waals surface area contributed by atoms with E-state index < -0.39 is 10.0 Å². The lowest BCUT2D eigenvalue weighted by molar-refractivity contribution is 0.174. The summed E-state index contributed by atoms with van der Waals surface area (Å²) in [5.74, 6) is 2.42. The summed E-state index contributed by atoms with van der Waals surface area (Å²) in [6.45, 7) is 2.06. The Bertz CT molecular complexity index is 1260. The average Bonchev–Trinajstić information content (AvgIpc) is 3.29. The van der Waals surface area contributed by atoms with E-state index in [1.807, 2.05) is 25.1 Å². The fourth-order valence-corrected chi connectivity index (χ4v) is 4.14. The minimum Gasteiger partial charge on any atom is -0.497 e. The highest BCUT2D eigenvalue weighted by atomic mass is 32.2.